The highest BCUT2D eigenvalue weighted by atomic mass is 16.5. The molecule has 0 fully saturated rings. The van der Waals surface area contributed by atoms with Crippen molar-refractivity contribution < 1.29 is 19.1 Å². The van der Waals surface area contributed by atoms with E-state index in [1.54, 1.807) is 0 Å². The van der Waals surface area contributed by atoms with E-state index in [0.29, 0.717) is 26.1 Å². The van der Waals surface area contributed by atoms with Crippen LogP contribution in [0.5, 0.6) is 0 Å². The Morgan fingerprint density at radius 1 is 0.403 bits per heavy atom. The van der Waals surface area contributed by atoms with Gasteiger partial charge < -0.3 is 19.3 Å². The molecule has 0 heterocycles. The second-order valence-corrected chi connectivity index (χ2v) is 21.4. The van der Waals surface area contributed by atoms with Crippen molar-refractivity contribution in [2.45, 2.75) is 236 Å². The molecule has 0 aromatic carbocycles. The summed E-state index contributed by atoms with van der Waals surface area (Å²) in [4.78, 5) is 29.6. The Hall–Kier alpha value is -1.66. The number of likely N-dealkylation sites (N-methyl/N-ethyl adjacent to an activating group) is 1. The summed E-state index contributed by atoms with van der Waals surface area (Å²) < 4.78 is 11.1. The molecule has 0 saturated heterocycles. The first-order chi connectivity index (χ1) is 29.6. The van der Waals surface area contributed by atoms with Gasteiger partial charge in [-0.25, -0.2) is 0 Å². The normalized spacial score (nSPS) is 14.6. The molecular formula is C56H108N2O4. The third-order valence-corrected chi connectivity index (χ3v) is 13.2. The van der Waals surface area contributed by atoms with E-state index in [4.69, 9.17) is 9.47 Å². The van der Waals surface area contributed by atoms with Gasteiger partial charge in [-0.3, -0.25) is 9.59 Å². The van der Waals surface area contributed by atoms with E-state index >= 15 is 0 Å². The SMILES string of the molecule is CC(=CCOC(=O)CCCCCN(CCCCCC(=O)OCC=C(C)CCCC(C)CCCC(C)CCCC(C)C)CCN(C)C)CCCC(C)CCCC(C)CCCC(C)C. The van der Waals surface area contributed by atoms with Crippen molar-refractivity contribution >= 4 is 11.9 Å². The molecule has 62 heavy (non-hydrogen) atoms. The lowest BCUT2D eigenvalue weighted by molar-refractivity contribution is -0.143. The number of ether oxygens (including phenoxy) is 2. The first-order valence-electron chi connectivity index (χ1n) is 26.6. The molecule has 0 spiro atoms. The van der Waals surface area contributed by atoms with Crippen LogP contribution in [0.15, 0.2) is 23.3 Å². The molecule has 4 unspecified atom stereocenters. The summed E-state index contributed by atoms with van der Waals surface area (Å²) >= 11 is 0. The van der Waals surface area contributed by atoms with Gasteiger partial charge in [-0.2, -0.15) is 0 Å². The fourth-order valence-electron chi connectivity index (χ4n) is 8.56. The van der Waals surface area contributed by atoms with E-state index in [-0.39, 0.29) is 11.9 Å². The third kappa shape index (κ3) is 42.3. The highest BCUT2D eigenvalue weighted by Crippen LogP contribution is 2.24. The summed E-state index contributed by atoms with van der Waals surface area (Å²) in [5.74, 6) is 4.83. The number of hydrogen-bond acceptors (Lipinski definition) is 6. The zero-order valence-electron chi connectivity index (χ0n) is 43.8. The topological polar surface area (TPSA) is 59.1 Å². The predicted molar refractivity (Wildman–Crippen MR) is 271 cm³/mol. The highest BCUT2D eigenvalue weighted by Gasteiger charge is 2.11. The van der Waals surface area contributed by atoms with E-state index in [2.05, 4.69) is 105 Å². The third-order valence-electron chi connectivity index (χ3n) is 13.2. The van der Waals surface area contributed by atoms with Crippen LogP contribution in [0.3, 0.4) is 0 Å². The molecule has 6 heteroatoms. The molecular weight excluding hydrogens is 765 g/mol. The van der Waals surface area contributed by atoms with E-state index in [1.807, 2.05) is 0 Å². The quantitative estimate of drug-likeness (QED) is 0.0346. The van der Waals surface area contributed by atoms with Gasteiger partial charge in [-0.1, -0.05) is 169 Å². The van der Waals surface area contributed by atoms with Gasteiger partial charge in [0.05, 0.1) is 0 Å². The van der Waals surface area contributed by atoms with Crippen LogP contribution in [0.4, 0.5) is 0 Å². The Morgan fingerprint density at radius 2 is 0.742 bits per heavy atom. The summed E-state index contributed by atoms with van der Waals surface area (Å²) in [5.41, 5.74) is 2.67. The molecule has 0 saturated carbocycles. The molecule has 6 nitrogen and oxygen atoms in total. The molecule has 0 aliphatic rings. The number of hydrogen-bond donors (Lipinski definition) is 0. The molecule has 0 radical (unpaired) electrons. The maximum absolute atomic E-state index is 12.4. The van der Waals surface area contributed by atoms with Crippen LogP contribution in [0.2, 0.25) is 0 Å². The van der Waals surface area contributed by atoms with Crippen molar-refractivity contribution in [2.75, 3.05) is 53.5 Å². The van der Waals surface area contributed by atoms with Crippen molar-refractivity contribution in [1.29, 1.82) is 0 Å². The average Bonchev–Trinajstić information content (AvgIpc) is 3.19. The van der Waals surface area contributed by atoms with E-state index in [1.165, 1.54) is 114 Å². The maximum atomic E-state index is 12.4. The Kier molecular flexibility index (Phi) is 39.7. The van der Waals surface area contributed by atoms with Crippen LogP contribution < -0.4 is 0 Å². The minimum atomic E-state index is -0.0749. The van der Waals surface area contributed by atoms with Gasteiger partial charge in [0.2, 0.25) is 0 Å². The van der Waals surface area contributed by atoms with Crippen molar-refractivity contribution in [3.8, 4) is 0 Å². The van der Waals surface area contributed by atoms with Crippen LogP contribution in [-0.2, 0) is 19.1 Å². The Morgan fingerprint density at radius 3 is 1.08 bits per heavy atom. The van der Waals surface area contributed by atoms with Crippen molar-refractivity contribution in [3.63, 3.8) is 0 Å². The second-order valence-electron chi connectivity index (χ2n) is 21.4. The summed E-state index contributed by atoms with van der Waals surface area (Å²) in [6.07, 6.45) is 34.9. The van der Waals surface area contributed by atoms with Gasteiger partial charge in [-0.05, 0) is 140 Å². The van der Waals surface area contributed by atoms with Crippen LogP contribution >= 0.6 is 0 Å². The minimum absolute atomic E-state index is 0.0749. The second kappa shape index (κ2) is 40.8. The number of allylic oxidation sites excluding steroid dienone is 2. The molecule has 0 aliphatic carbocycles. The molecule has 0 aromatic rings. The molecule has 0 amide bonds. The number of nitrogens with zero attached hydrogens (tertiary/aromatic N) is 2. The Balaban J connectivity index is 4.08. The summed E-state index contributed by atoms with van der Waals surface area (Å²) in [6, 6.07) is 0. The molecule has 0 N–H and O–H groups in total. The van der Waals surface area contributed by atoms with Crippen LogP contribution in [0, 0.1) is 35.5 Å². The number of rotatable bonds is 43. The largest absolute Gasteiger partial charge is 0.461 e. The van der Waals surface area contributed by atoms with E-state index < -0.39 is 0 Å². The highest BCUT2D eigenvalue weighted by molar-refractivity contribution is 5.69. The molecule has 4 atom stereocenters. The number of carbonyl (C=O) groups is 2. The van der Waals surface area contributed by atoms with Gasteiger partial charge in [0.25, 0.3) is 0 Å². The summed E-state index contributed by atoms with van der Waals surface area (Å²) in [5, 5.41) is 0. The van der Waals surface area contributed by atoms with Crippen molar-refractivity contribution in [2.24, 2.45) is 35.5 Å². The smallest absolute Gasteiger partial charge is 0.306 e. The van der Waals surface area contributed by atoms with Gasteiger partial charge in [0, 0.05) is 25.9 Å². The van der Waals surface area contributed by atoms with Crippen LogP contribution in [0.1, 0.15) is 236 Å². The lowest BCUT2D eigenvalue weighted by Gasteiger charge is -2.24. The lowest BCUT2D eigenvalue weighted by Crippen LogP contribution is -2.33. The summed E-state index contributed by atoms with van der Waals surface area (Å²) in [6.45, 7) is 28.3. The number of carbonyl (C=O) groups excluding carboxylic acids is 2. The van der Waals surface area contributed by atoms with Crippen LogP contribution in [0.25, 0.3) is 0 Å². The zero-order chi connectivity index (χ0) is 46.4. The Labute approximate surface area is 388 Å². The molecule has 0 bridgehead atoms. The molecule has 0 aliphatic heterocycles. The van der Waals surface area contributed by atoms with Gasteiger partial charge in [0.1, 0.15) is 13.2 Å². The molecule has 0 aromatic heterocycles. The number of unbranched alkanes of at least 4 members (excludes halogenated alkanes) is 4. The number of esters is 2. The first-order valence-corrected chi connectivity index (χ1v) is 26.6. The zero-order valence-corrected chi connectivity index (χ0v) is 43.8. The van der Waals surface area contributed by atoms with Gasteiger partial charge >= 0.3 is 11.9 Å². The minimum Gasteiger partial charge on any atom is -0.461 e. The van der Waals surface area contributed by atoms with Crippen molar-refractivity contribution in [3.05, 3.63) is 23.3 Å². The fraction of sp³-hybridized carbons (Fsp3) is 0.893. The molecule has 366 valence electrons. The lowest BCUT2D eigenvalue weighted by atomic mass is 9.91. The fourth-order valence-corrected chi connectivity index (χ4v) is 8.56. The van der Waals surface area contributed by atoms with E-state index in [9.17, 15) is 9.59 Å². The summed E-state index contributed by atoms with van der Waals surface area (Å²) in [7, 11) is 4.25. The van der Waals surface area contributed by atoms with Crippen LogP contribution in [-0.4, -0.2) is 75.2 Å². The predicted octanol–water partition coefficient (Wildman–Crippen LogP) is 15.8. The van der Waals surface area contributed by atoms with Gasteiger partial charge in [0.15, 0.2) is 0 Å². The monoisotopic (exact) mass is 873 g/mol. The standard InChI is InChI=1S/C56H108N2O4/c1-47(2)25-19-27-49(5)29-21-31-51(7)33-23-35-53(9)39-45-61-55(59)37-15-13-17-41-58(44-43-57(11)12)42-18-14-16-38-56(60)62-46-40-54(10)36-24-34-52(8)32-22-30-50(6)28-20-26-48(3)4/h39-40,47-52H,13-38,41-46H2,1-12H3. The van der Waals surface area contributed by atoms with E-state index in [0.717, 1.165) is 113 Å². The Bertz CT molecular complexity index is 1030. The average molecular weight is 873 g/mol. The maximum Gasteiger partial charge on any atom is 0.306 e. The van der Waals surface area contributed by atoms with Crippen molar-refractivity contribution in [1.82, 2.24) is 9.80 Å². The first kappa shape index (κ1) is 60.3. The molecule has 0 rings (SSSR count). The van der Waals surface area contributed by atoms with Gasteiger partial charge in [-0.15, -0.1) is 0 Å².